The summed E-state index contributed by atoms with van der Waals surface area (Å²) in [6, 6.07) is 18.4. The maximum Gasteiger partial charge on any atom is 0.161 e. The van der Waals surface area contributed by atoms with Crippen LogP contribution in [0, 0.1) is 0 Å². The Balaban J connectivity index is 1.87. The third kappa shape index (κ3) is 5.95. The minimum Gasteiger partial charge on any atom is -0.493 e. The number of ether oxygens (including phenoxy) is 2. The van der Waals surface area contributed by atoms with Crippen LogP contribution < -0.4 is 9.47 Å². The van der Waals surface area contributed by atoms with E-state index in [2.05, 4.69) is 42.2 Å². The van der Waals surface area contributed by atoms with Crippen molar-refractivity contribution in [3.63, 3.8) is 0 Å². The largest absolute Gasteiger partial charge is 0.493 e. The highest BCUT2D eigenvalue weighted by Crippen LogP contribution is 2.25. The third-order valence-corrected chi connectivity index (χ3v) is 3.81. The van der Waals surface area contributed by atoms with Crippen LogP contribution in [-0.4, -0.2) is 31.7 Å². The Morgan fingerprint density at radius 1 is 0.870 bits per heavy atom. The van der Waals surface area contributed by atoms with Crippen molar-refractivity contribution < 1.29 is 9.47 Å². The van der Waals surface area contributed by atoms with Gasteiger partial charge in [0.2, 0.25) is 0 Å². The molecule has 0 N–H and O–H groups in total. The van der Waals surface area contributed by atoms with Gasteiger partial charge in [0.05, 0.1) is 7.11 Å². The van der Waals surface area contributed by atoms with E-state index in [9.17, 15) is 0 Å². The van der Waals surface area contributed by atoms with Crippen molar-refractivity contribution >= 4 is 0 Å². The van der Waals surface area contributed by atoms with Crippen molar-refractivity contribution in [1.82, 2.24) is 4.90 Å². The molecule has 0 unspecified atom stereocenters. The normalized spacial score (nSPS) is 10.7. The summed E-state index contributed by atoms with van der Waals surface area (Å²) in [5.41, 5.74) is 1.35. The molecule has 0 spiro atoms. The molecular formula is C20H27NO2. The van der Waals surface area contributed by atoms with Crippen LogP contribution in [0.5, 0.6) is 11.5 Å². The summed E-state index contributed by atoms with van der Waals surface area (Å²) in [6.45, 7) is 5.87. The second-order valence-corrected chi connectivity index (χ2v) is 5.61. The fourth-order valence-electron chi connectivity index (χ4n) is 2.52. The first kappa shape index (κ1) is 17.4. The molecule has 0 aliphatic heterocycles. The molecule has 0 heterocycles. The van der Waals surface area contributed by atoms with Gasteiger partial charge >= 0.3 is 0 Å². The van der Waals surface area contributed by atoms with E-state index in [0.717, 1.165) is 31.1 Å². The standard InChI is InChI=1S/C20H27NO2/c1-3-4-14-21(17-18-10-6-5-7-11-18)15-16-23-20-13-9-8-12-19(20)22-2/h5-13H,3-4,14-17H2,1-2H3. The quantitative estimate of drug-likeness (QED) is 0.650. The molecule has 0 aliphatic carbocycles. The molecule has 2 rings (SSSR count). The molecule has 0 bridgehead atoms. The number of para-hydroxylation sites is 2. The predicted octanol–water partition coefficient (Wildman–Crippen LogP) is 4.38. The Labute approximate surface area is 139 Å². The van der Waals surface area contributed by atoms with E-state index in [1.165, 1.54) is 18.4 Å². The Morgan fingerprint density at radius 3 is 2.26 bits per heavy atom. The topological polar surface area (TPSA) is 21.7 Å². The summed E-state index contributed by atoms with van der Waals surface area (Å²) < 4.78 is 11.2. The smallest absolute Gasteiger partial charge is 0.161 e. The van der Waals surface area contributed by atoms with Gasteiger partial charge < -0.3 is 9.47 Å². The second kappa shape index (κ2) is 9.90. The monoisotopic (exact) mass is 313 g/mol. The zero-order chi connectivity index (χ0) is 16.3. The first-order chi connectivity index (χ1) is 11.3. The first-order valence-electron chi connectivity index (χ1n) is 8.35. The second-order valence-electron chi connectivity index (χ2n) is 5.61. The van der Waals surface area contributed by atoms with Crippen molar-refractivity contribution in [2.75, 3.05) is 26.8 Å². The number of rotatable bonds is 10. The van der Waals surface area contributed by atoms with Gasteiger partial charge in [0.1, 0.15) is 6.61 Å². The van der Waals surface area contributed by atoms with Crippen molar-refractivity contribution in [2.45, 2.75) is 26.3 Å². The maximum atomic E-state index is 5.91. The van der Waals surface area contributed by atoms with E-state index in [4.69, 9.17) is 9.47 Å². The zero-order valence-electron chi connectivity index (χ0n) is 14.2. The number of unbranched alkanes of at least 4 members (excludes halogenated alkanes) is 1. The van der Waals surface area contributed by atoms with E-state index >= 15 is 0 Å². The lowest BCUT2D eigenvalue weighted by atomic mass is 10.2. The van der Waals surface area contributed by atoms with Crippen LogP contribution in [0.2, 0.25) is 0 Å². The van der Waals surface area contributed by atoms with Crippen molar-refractivity contribution in [2.24, 2.45) is 0 Å². The molecule has 0 saturated heterocycles. The molecule has 0 radical (unpaired) electrons. The van der Waals surface area contributed by atoms with Crippen LogP contribution in [0.25, 0.3) is 0 Å². The molecule has 0 aliphatic rings. The summed E-state index contributed by atoms with van der Waals surface area (Å²) in [5, 5.41) is 0. The van der Waals surface area contributed by atoms with Gasteiger partial charge in [-0.25, -0.2) is 0 Å². The fraction of sp³-hybridized carbons (Fsp3) is 0.400. The van der Waals surface area contributed by atoms with E-state index < -0.39 is 0 Å². The van der Waals surface area contributed by atoms with Crippen LogP contribution in [0.3, 0.4) is 0 Å². The summed E-state index contributed by atoms with van der Waals surface area (Å²) in [7, 11) is 1.67. The van der Waals surface area contributed by atoms with E-state index in [1.807, 2.05) is 24.3 Å². The highest BCUT2D eigenvalue weighted by molar-refractivity contribution is 5.39. The molecule has 2 aromatic rings. The molecule has 0 amide bonds. The van der Waals surface area contributed by atoms with E-state index in [0.29, 0.717) is 6.61 Å². The van der Waals surface area contributed by atoms with Crippen LogP contribution in [0.4, 0.5) is 0 Å². The summed E-state index contributed by atoms with van der Waals surface area (Å²) in [5.74, 6) is 1.60. The Morgan fingerprint density at radius 2 is 1.57 bits per heavy atom. The highest BCUT2D eigenvalue weighted by atomic mass is 16.5. The molecule has 0 saturated carbocycles. The fourth-order valence-corrected chi connectivity index (χ4v) is 2.52. The highest BCUT2D eigenvalue weighted by Gasteiger charge is 2.07. The van der Waals surface area contributed by atoms with E-state index in [-0.39, 0.29) is 0 Å². The lowest BCUT2D eigenvalue weighted by molar-refractivity contribution is 0.196. The minimum absolute atomic E-state index is 0.664. The zero-order valence-corrected chi connectivity index (χ0v) is 14.2. The van der Waals surface area contributed by atoms with E-state index in [1.54, 1.807) is 7.11 Å². The van der Waals surface area contributed by atoms with Crippen molar-refractivity contribution in [3.8, 4) is 11.5 Å². The lowest BCUT2D eigenvalue weighted by Crippen LogP contribution is -2.29. The molecule has 3 heteroatoms. The average molecular weight is 313 g/mol. The van der Waals surface area contributed by atoms with Gasteiger partial charge in [-0.2, -0.15) is 0 Å². The van der Waals surface area contributed by atoms with Gasteiger partial charge in [0.25, 0.3) is 0 Å². The third-order valence-electron chi connectivity index (χ3n) is 3.81. The summed E-state index contributed by atoms with van der Waals surface area (Å²) in [4.78, 5) is 2.45. The summed E-state index contributed by atoms with van der Waals surface area (Å²) >= 11 is 0. The minimum atomic E-state index is 0.664. The van der Waals surface area contributed by atoms with Crippen LogP contribution in [0.1, 0.15) is 25.3 Å². The molecule has 0 aromatic heterocycles. The molecule has 0 atom stereocenters. The Bertz CT molecular complexity index is 557. The SMILES string of the molecule is CCCCN(CCOc1ccccc1OC)Cc1ccccc1. The van der Waals surface area contributed by atoms with Gasteiger partial charge in [-0.1, -0.05) is 55.8 Å². The number of methoxy groups -OCH3 is 1. The van der Waals surface area contributed by atoms with Gasteiger partial charge in [-0.15, -0.1) is 0 Å². The predicted molar refractivity (Wildman–Crippen MR) is 95.1 cm³/mol. The molecule has 0 fully saturated rings. The van der Waals surface area contributed by atoms with Crippen LogP contribution in [-0.2, 0) is 6.54 Å². The molecular weight excluding hydrogens is 286 g/mol. The molecule has 2 aromatic carbocycles. The Kier molecular flexibility index (Phi) is 7.47. The average Bonchev–Trinajstić information content (AvgIpc) is 2.60. The number of hydrogen-bond acceptors (Lipinski definition) is 3. The first-order valence-corrected chi connectivity index (χ1v) is 8.35. The van der Waals surface area contributed by atoms with Gasteiger partial charge in [0, 0.05) is 13.1 Å². The molecule has 3 nitrogen and oxygen atoms in total. The van der Waals surface area contributed by atoms with Crippen LogP contribution >= 0.6 is 0 Å². The van der Waals surface area contributed by atoms with Crippen molar-refractivity contribution in [1.29, 1.82) is 0 Å². The molecule has 23 heavy (non-hydrogen) atoms. The van der Waals surface area contributed by atoms with Crippen LogP contribution in [0.15, 0.2) is 54.6 Å². The number of hydrogen-bond donors (Lipinski definition) is 0. The lowest BCUT2D eigenvalue weighted by Gasteiger charge is -2.22. The maximum absolute atomic E-state index is 5.91. The van der Waals surface area contributed by atoms with Gasteiger partial charge in [0.15, 0.2) is 11.5 Å². The van der Waals surface area contributed by atoms with Gasteiger partial charge in [-0.3, -0.25) is 4.90 Å². The Hall–Kier alpha value is -2.00. The van der Waals surface area contributed by atoms with Gasteiger partial charge in [-0.05, 0) is 30.7 Å². The van der Waals surface area contributed by atoms with Crippen molar-refractivity contribution in [3.05, 3.63) is 60.2 Å². The molecule has 124 valence electrons. The number of benzene rings is 2. The summed E-state index contributed by atoms with van der Waals surface area (Å²) in [6.07, 6.45) is 2.42. The number of nitrogens with zero attached hydrogens (tertiary/aromatic N) is 1.